The molecule has 3 aliphatic rings. The van der Waals surface area contributed by atoms with Crippen molar-refractivity contribution < 1.29 is 38.3 Å². The number of carbonyl (C=O) groups excluding carboxylic acids is 7. The Kier molecular flexibility index (Phi) is 12.9. The lowest BCUT2D eigenvalue weighted by Crippen LogP contribution is -2.61. The van der Waals surface area contributed by atoms with Gasteiger partial charge in [-0.05, 0) is 61.3 Å². The molecule has 54 heavy (non-hydrogen) atoms. The molecule has 1 saturated heterocycles. The molecule has 14 nitrogen and oxygen atoms in total. The van der Waals surface area contributed by atoms with Crippen LogP contribution in [0.25, 0.3) is 0 Å². The van der Waals surface area contributed by atoms with Crippen LogP contribution < -0.4 is 21.3 Å². The highest BCUT2D eigenvalue weighted by atomic mass is 16.6. The Labute approximate surface area is 319 Å². The van der Waals surface area contributed by atoms with Crippen molar-refractivity contribution in [1.29, 1.82) is 0 Å². The predicted octanol–water partition coefficient (Wildman–Crippen LogP) is 3.10. The number of ketones is 1. The number of nitrogens with zero attached hydrogens (tertiary/aromatic N) is 2. The lowest BCUT2D eigenvalue weighted by atomic mass is 9.80. The van der Waals surface area contributed by atoms with Gasteiger partial charge in [-0.25, -0.2) is 4.79 Å². The summed E-state index contributed by atoms with van der Waals surface area (Å²) in [6.07, 6.45) is 2.18. The van der Waals surface area contributed by atoms with Crippen LogP contribution in [-0.4, -0.2) is 102 Å². The third kappa shape index (κ3) is 10.4. The first-order valence-electron chi connectivity index (χ1n) is 19.0. The molecule has 0 aromatic heterocycles. The Hall–Kier alpha value is -4.49. The predicted molar refractivity (Wildman–Crippen MR) is 201 cm³/mol. The SMILES string of the molecule is CN(C)C(=O)C[C@@H](NC(=O)CNC(=O)C(=O)[C@H](CC1CCC1)NC(=O)[C@@H]1[C@@H]2[C@H](CN1C(=O)[C@@H](NC(=O)OC(C)(C)C)C(C)(C)C)C2(C)C)c1ccccc1. The van der Waals surface area contributed by atoms with Crippen molar-refractivity contribution in [2.75, 3.05) is 27.2 Å². The maximum Gasteiger partial charge on any atom is 0.408 e. The Morgan fingerprint density at radius 2 is 1.56 bits per heavy atom. The number of likely N-dealkylation sites (tertiary alicyclic amines) is 1. The summed E-state index contributed by atoms with van der Waals surface area (Å²) in [6.45, 7) is 14.5. The lowest BCUT2D eigenvalue weighted by Gasteiger charge is -2.38. The number of hydrogen-bond acceptors (Lipinski definition) is 8. The minimum absolute atomic E-state index is 0.00195. The molecule has 6 amide bonds. The number of nitrogens with one attached hydrogen (secondary N) is 4. The summed E-state index contributed by atoms with van der Waals surface area (Å²) in [4.78, 5) is 96.8. The van der Waals surface area contributed by atoms with Crippen molar-refractivity contribution in [2.45, 2.75) is 117 Å². The molecule has 4 rings (SSSR count). The molecule has 6 atom stereocenters. The van der Waals surface area contributed by atoms with E-state index in [1.54, 1.807) is 59.1 Å². The number of alkyl carbamates (subject to hydrolysis) is 1. The fraction of sp³-hybridized carbons (Fsp3) is 0.675. The van der Waals surface area contributed by atoms with E-state index >= 15 is 0 Å². The van der Waals surface area contributed by atoms with Crippen molar-refractivity contribution in [2.24, 2.45) is 28.6 Å². The normalized spacial score (nSPS) is 22.0. The van der Waals surface area contributed by atoms with Gasteiger partial charge in [0.15, 0.2) is 0 Å². The third-order valence-corrected chi connectivity index (χ3v) is 11.0. The Morgan fingerprint density at radius 1 is 0.926 bits per heavy atom. The maximum absolute atomic E-state index is 14.3. The van der Waals surface area contributed by atoms with Crippen LogP contribution in [0, 0.1) is 28.6 Å². The average molecular weight is 753 g/mol. The number of carbonyl (C=O) groups is 7. The molecular weight excluding hydrogens is 692 g/mol. The van der Waals surface area contributed by atoms with Crippen molar-refractivity contribution in [3.8, 4) is 0 Å². The lowest BCUT2D eigenvalue weighted by molar-refractivity contribution is -0.145. The highest BCUT2D eigenvalue weighted by molar-refractivity contribution is 6.38. The molecule has 14 heteroatoms. The summed E-state index contributed by atoms with van der Waals surface area (Å²) in [6, 6.07) is 5.22. The van der Waals surface area contributed by atoms with Crippen molar-refractivity contribution in [3.05, 3.63) is 35.9 Å². The zero-order chi connectivity index (χ0) is 40.3. The van der Waals surface area contributed by atoms with Gasteiger partial charge < -0.3 is 35.8 Å². The first-order chi connectivity index (χ1) is 25.0. The van der Waals surface area contributed by atoms with Crippen LogP contribution in [0.4, 0.5) is 4.79 Å². The molecule has 4 N–H and O–H groups in total. The van der Waals surface area contributed by atoms with Gasteiger partial charge in [0, 0.05) is 20.6 Å². The van der Waals surface area contributed by atoms with Gasteiger partial charge in [-0.1, -0.05) is 84.2 Å². The average Bonchev–Trinajstić information content (AvgIpc) is 3.35. The molecular formula is C40H60N6O8. The number of piperidine rings is 1. The van der Waals surface area contributed by atoms with Crippen LogP contribution in [-0.2, 0) is 33.5 Å². The maximum atomic E-state index is 14.3. The van der Waals surface area contributed by atoms with Gasteiger partial charge in [0.2, 0.25) is 29.4 Å². The summed E-state index contributed by atoms with van der Waals surface area (Å²) in [5, 5.41) is 10.8. The molecule has 1 heterocycles. The molecule has 0 bridgehead atoms. The van der Waals surface area contributed by atoms with E-state index in [-0.39, 0.29) is 41.9 Å². The topological polar surface area (TPSA) is 183 Å². The van der Waals surface area contributed by atoms with E-state index in [1.165, 1.54) is 9.80 Å². The van der Waals surface area contributed by atoms with E-state index in [0.717, 1.165) is 19.3 Å². The van der Waals surface area contributed by atoms with Gasteiger partial charge in [-0.3, -0.25) is 28.8 Å². The van der Waals surface area contributed by atoms with E-state index in [2.05, 4.69) is 21.3 Å². The first-order valence-corrected chi connectivity index (χ1v) is 19.0. The van der Waals surface area contributed by atoms with E-state index in [4.69, 9.17) is 4.74 Å². The van der Waals surface area contributed by atoms with E-state index in [0.29, 0.717) is 12.1 Å². The Bertz CT molecular complexity index is 1590. The van der Waals surface area contributed by atoms with E-state index in [9.17, 15) is 33.6 Å². The highest BCUT2D eigenvalue weighted by Crippen LogP contribution is 2.65. The monoisotopic (exact) mass is 752 g/mol. The smallest absolute Gasteiger partial charge is 0.408 e. The molecule has 0 radical (unpaired) electrons. The molecule has 2 saturated carbocycles. The van der Waals surface area contributed by atoms with Gasteiger partial charge in [-0.2, -0.15) is 0 Å². The number of benzene rings is 1. The van der Waals surface area contributed by atoms with Crippen molar-refractivity contribution >= 4 is 41.4 Å². The molecule has 298 valence electrons. The second-order valence-electron chi connectivity index (χ2n) is 18.0. The van der Waals surface area contributed by atoms with Crippen LogP contribution in [0.3, 0.4) is 0 Å². The number of rotatable bonds is 14. The molecule has 0 spiro atoms. The van der Waals surface area contributed by atoms with E-state index in [1.807, 2.05) is 40.7 Å². The van der Waals surface area contributed by atoms with Crippen LogP contribution in [0.15, 0.2) is 30.3 Å². The minimum Gasteiger partial charge on any atom is -0.444 e. The largest absolute Gasteiger partial charge is 0.444 e. The number of Topliss-reactive ketones (excluding diaryl/α,β-unsaturated/α-hetero) is 1. The summed E-state index contributed by atoms with van der Waals surface area (Å²) >= 11 is 0. The van der Waals surface area contributed by atoms with Crippen molar-refractivity contribution in [3.63, 3.8) is 0 Å². The van der Waals surface area contributed by atoms with Gasteiger partial charge >= 0.3 is 6.09 Å². The molecule has 1 aliphatic heterocycles. The van der Waals surface area contributed by atoms with Gasteiger partial charge in [-0.15, -0.1) is 0 Å². The summed E-state index contributed by atoms with van der Waals surface area (Å²) in [7, 11) is 3.24. The van der Waals surface area contributed by atoms with Crippen LogP contribution in [0.1, 0.15) is 99.1 Å². The van der Waals surface area contributed by atoms with Crippen LogP contribution in [0.2, 0.25) is 0 Å². The number of fused-ring (bicyclic) bond motifs is 1. The van der Waals surface area contributed by atoms with Gasteiger partial charge in [0.25, 0.3) is 5.91 Å². The quantitative estimate of drug-likeness (QED) is 0.209. The molecule has 3 fully saturated rings. The van der Waals surface area contributed by atoms with E-state index < -0.39 is 77.2 Å². The van der Waals surface area contributed by atoms with Crippen molar-refractivity contribution in [1.82, 2.24) is 31.1 Å². The Morgan fingerprint density at radius 3 is 2.09 bits per heavy atom. The zero-order valence-corrected chi connectivity index (χ0v) is 33.5. The van der Waals surface area contributed by atoms with Gasteiger partial charge in [0.05, 0.1) is 25.0 Å². The second kappa shape index (κ2) is 16.5. The Balaban J connectivity index is 1.47. The first kappa shape index (κ1) is 42.3. The number of hydrogen-bond donors (Lipinski definition) is 4. The third-order valence-electron chi connectivity index (χ3n) is 11.0. The summed E-state index contributed by atoms with van der Waals surface area (Å²) in [5.41, 5.74) is -1.04. The molecule has 2 aliphatic carbocycles. The van der Waals surface area contributed by atoms with Crippen LogP contribution >= 0.6 is 0 Å². The van der Waals surface area contributed by atoms with Gasteiger partial charge in [0.1, 0.15) is 17.7 Å². The number of ether oxygens (including phenoxy) is 1. The minimum atomic E-state index is -1.17. The fourth-order valence-corrected chi connectivity index (χ4v) is 7.55. The second-order valence-corrected chi connectivity index (χ2v) is 18.0. The van der Waals surface area contributed by atoms with Crippen LogP contribution in [0.5, 0.6) is 0 Å². The highest BCUT2D eigenvalue weighted by Gasteiger charge is 2.70. The molecule has 0 unspecified atom stereocenters. The fourth-order valence-electron chi connectivity index (χ4n) is 7.55. The number of amides is 6. The summed E-state index contributed by atoms with van der Waals surface area (Å²) in [5.74, 6) is -3.67. The molecule has 1 aromatic rings. The standard InChI is InChI=1S/C40H60N6O8/c1-38(2,3)33(44-37(53)54-39(4,5)6)36(52)46-22-25-30(40(25,7)8)31(46)34(50)43-27(19-23-15-14-16-23)32(49)35(51)41-21-28(47)42-26(20-29(48)45(9)10)24-17-12-11-13-18-24/h11-13,17-18,23,25-27,30-31,33H,14-16,19-22H2,1-10H3,(H,41,51)(H,42,47)(H,43,50)(H,44,53)/t25-,26+,27-,30-,31-,33+/m0/s1. The molecule has 1 aromatic carbocycles. The zero-order valence-electron chi connectivity index (χ0n) is 33.5. The summed E-state index contributed by atoms with van der Waals surface area (Å²) < 4.78 is 5.45.